The molecule has 0 spiro atoms. The molecule has 1 heterocycles. The van der Waals surface area contributed by atoms with Crippen LogP contribution in [0.4, 0.5) is 5.69 Å². The summed E-state index contributed by atoms with van der Waals surface area (Å²) >= 11 is 0. The fraction of sp³-hybridized carbons (Fsp3) is 0.381. The van der Waals surface area contributed by atoms with E-state index in [2.05, 4.69) is 23.2 Å². The molecule has 0 unspecified atom stereocenters. The minimum Gasteiger partial charge on any atom is -0.497 e. The van der Waals surface area contributed by atoms with Crippen LogP contribution in [0.5, 0.6) is 5.75 Å². The summed E-state index contributed by atoms with van der Waals surface area (Å²) < 4.78 is 5.28. The second-order valence-corrected chi connectivity index (χ2v) is 6.53. The number of anilines is 1. The lowest BCUT2D eigenvalue weighted by Crippen LogP contribution is -2.40. The van der Waals surface area contributed by atoms with E-state index in [9.17, 15) is 4.79 Å². The maximum atomic E-state index is 12.5. The van der Waals surface area contributed by atoms with Gasteiger partial charge in [0.1, 0.15) is 5.75 Å². The predicted molar refractivity (Wildman–Crippen MR) is 102 cm³/mol. The lowest BCUT2D eigenvalue weighted by molar-refractivity contribution is -0.121. The molecule has 0 saturated carbocycles. The van der Waals surface area contributed by atoms with Gasteiger partial charge in [0, 0.05) is 12.2 Å². The smallest absolute Gasteiger partial charge is 0.228 e. The van der Waals surface area contributed by atoms with Crippen molar-refractivity contribution in [2.45, 2.75) is 19.8 Å². The predicted octanol–water partition coefficient (Wildman–Crippen LogP) is 4.03. The van der Waals surface area contributed by atoms with Gasteiger partial charge in [0.25, 0.3) is 0 Å². The Kier molecular flexibility index (Phi) is 5.71. The minimum absolute atomic E-state index is 0.0896. The highest BCUT2D eigenvalue weighted by atomic mass is 16.5. The van der Waals surface area contributed by atoms with Crippen LogP contribution in [0.3, 0.4) is 0 Å². The summed E-state index contributed by atoms with van der Waals surface area (Å²) in [4.78, 5) is 14.9. The fourth-order valence-corrected chi connectivity index (χ4v) is 3.35. The number of ether oxygens (including phenoxy) is 1. The van der Waals surface area contributed by atoms with Crippen molar-refractivity contribution in [3.8, 4) is 16.9 Å². The molecule has 1 fully saturated rings. The normalized spacial score (nSPS) is 17.9. The third-order valence-electron chi connectivity index (χ3n) is 4.88. The number of methoxy groups -OCH3 is 1. The Bertz CT molecular complexity index is 712. The second-order valence-electron chi connectivity index (χ2n) is 6.53. The van der Waals surface area contributed by atoms with Crippen LogP contribution in [0.25, 0.3) is 11.1 Å². The van der Waals surface area contributed by atoms with E-state index in [0.29, 0.717) is 0 Å². The first-order chi connectivity index (χ1) is 12.2. The van der Waals surface area contributed by atoms with Gasteiger partial charge in [-0.1, -0.05) is 31.2 Å². The lowest BCUT2D eigenvalue weighted by Gasteiger charge is -2.30. The SMILES string of the molecule is CCN1CCC[C@@H](C(=O)Nc2ccc(-c3cccc(OC)c3)cc2)C1. The standard InChI is InChI=1S/C21H26N2O2/c1-3-23-13-5-7-18(15-23)21(24)22-19-11-9-16(10-12-19)17-6-4-8-20(14-17)25-2/h4,6,8-12,14,18H,3,5,7,13,15H2,1-2H3,(H,22,24)/t18-/m1/s1. The zero-order chi connectivity index (χ0) is 17.6. The van der Waals surface area contributed by atoms with Crippen molar-refractivity contribution >= 4 is 11.6 Å². The van der Waals surface area contributed by atoms with Gasteiger partial charge in [-0.3, -0.25) is 4.79 Å². The number of carbonyl (C=O) groups excluding carboxylic acids is 1. The molecule has 4 nitrogen and oxygen atoms in total. The Balaban J connectivity index is 1.65. The number of nitrogens with one attached hydrogen (secondary N) is 1. The quantitative estimate of drug-likeness (QED) is 0.895. The molecule has 1 aliphatic heterocycles. The summed E-state index contributed by atoms with van der Waals surface area (Å²) in [6.45, 7) is 5.14. The molecule has 0 aliphatic carbocycles. The monoisotopic (exact) mass is 338 g/mol. The number of hydrogen-bond donors (Lipinski definition) is 1. The molecule has 132 valence electrons. The number of benzene rings is 2. The zero-order valence-electron chi connectivity index (χ0n) is 15.0. The molecule has 1 aliphatic rings. The zero-order valence-corrected chi connectivity index (χ0v) is 15.0. The van der Waals surface area contributed by atoms with Crippen LogP contribution in [0.1, 0.15) is 19.8 Å². The van der Waals surface area contributed by atoms with Crippen molar-refractivity contribution in [3.63, 3.8) is 0 Å². The average molecular weight is 338 g/mol. The van der Waals surface area contributed by atoms with Crippen LogP contribution in [-0.4, -0.2) is 37.6 Å². The third-order valence-corrected chi connectivity index (χ3v) is 4.88. The number of hydrogen-bond acceptors (Lipinski definition) is 3. The van der Waals surface area contributed by atoms with Crippen molar-refractivity contribution in [3.05, 3.63) is 48.5 Å². The van der Waals surface area contributed by atoms with E-state index >= 15 is 0 Å². The van der Waals surface area contributed by atoms with Crippen LogP contribution < -0.4 is 10.1 Å². The highest BCUT2D eigenvalue weighted by Gasteiger charge is 2.24. The minimum atomic E-state index is 0.0896. The molecule has 0 bridgehead atoms. The molecule has 2 aromatic rings. The lowest BCUT2D eigenvalue weighted by atomic mass is 9.97. The van der Waals surface area contributed by atoms with Gasteiger partial charge in [-0.25, -0.2) is 0 Å². The maximum absolute atomic E-state index is 12.5. The number of likely N-dealkylation sites (tertiary alicyclic amines) is 1. The van der Waals surface area contributed by atoms with Gasteiger partial charge in [-0.2, -0.15) is 0 Å². The Hall–Kier alpha value is -2.33. The van der Waals surface area contributed by atoms with E-state index < -0.39 is 0 Å². The summed E-state index contributed by atoms with van der Waals surface area (Å²) in [5.74, 6) is 1.06. The largest absolute Gasteiger partial charge is 0.497 e. The van der Waals surface area contributed by atoms with Gasteiger partial charge in [0.05, 0.1) is 13.0 Å². The molecule has 25 heavy (non-hydrogen) atoms. The number of amides is 1. The highest BCUT2D eigenvalue weighted by Crippen LogP contribution is 2.25. The third kappa shape index (κ3) is 4.40. The van der Waals surface area contributed by atoms with Crippen molar-refractivity contribution in [1.82, 2.24) is 4.90 Å². The fourth-order valence-electron chi connectivity index (χ4n) is 3.35. The Morgan fingerprint density at radius 3 is 2.72 bits per heavy atom. The molecule has 1 amide bonds. The molecule has 1 saturated heterocycles. The highest BCUT2D eigenvalue weighted by molar-refractivity contribution is 5.93. The number of nitrogens with zero attached hydrogens (tertiary/aromatic N) is 1. The van der Waals surface area contributed by atoms with Gasteiger partial charge >= 0.3 is 0 Å². The number of rotatable bonds is 5. The molecule has 0 aromatic heterocycles. The Labute approximate surface area is 149 Å². The van der Waals surface area contributed by atoms with E-state index in [4.69, 9.17) is 4.74 Å². The van der Waals surface area contributed by atoms with Crippen LogP contribution in [0, 0.1) is 5.92 Å². The van der Waals surface area contributed by atoms with Gasteiger partial charge in [-0.15, -0.1) is 0 Å². The number of carbonyl (C=O) groups is 1. The van der Waals surface area contributed by atoms with Crippen molar-refractivity contribution in [2.24, 2.45) is 5.92 Å². The van der Waals surface area contributed by atoms with Crippen molar-refractivity contribution in [2.75, 3.05) is 32.1 Å². The average Bonchev–Trinajstić information content (AvgIpc) is 2.68. The molecule has 3 rings (SSSR count). The van der Waals surface area contributed by atoms with Gasteiger partial charge < -0.3 is 15.0 Å². The maximum Gasteiger partial charge on any atom is 0.228 e. The summed E-state index contributed by atoms with van der Waals surface area (Å²) in [5.41, 5.74) is 3.06. The van der Waals surface area contributed by atoms with Crippen molar-refractivity contribution in [1.29, 1.82) is 0 Å². The van der Waals surface area contributed by atoms with E-state index in [0.717, 1.165) is 55.0 Å². The first-order valence-electron chi connectivity index (χ1n) is 8.97. The molecular weight excluding hydrogens is 312 g/mol. The summed E-state index contributed by atoms with van der Waals surface area (Å²) in [5, 5.41) is 3.07. The first kappa shape index (κ1) is 17.5. The van der Waals surface area contributed by atoms with Crippen LogP contribution in [-0.2, 0) is 4.79 Å². The van der Waals surface area contributed by atoms with Gasteiger partial charge in [0.2, 0.25) is 5.91 Å². The Morgan fingerprint density at radius 1 is 1.20 bits per heavy atom. The molecule has 4 heteroatoms. The van der Waals surface area contributed by atoms with Gasteiger partial charge in [0.15, 0.2) is 0 Å². The van der Waals surface area contributed by atoms with E-state index in [1.54, 1.807) is 7.11 Å². The van der Waals surface area contributed by atoms with Crippen LogP contribution in [0.2, 0.25) is 0 Å². The molecular formula is C21H26N2O2. The number of piperidine rings is 1. The van der Waals surface area contributed by atoms with Crippen molar-refractivity contribution < 1.29 is 9.53 Å². The topological polar surface area (TPSA) is 41.6 Å². The summed E-state index contributed by atoms with van der Waals surface area (Å²) in [6, 6.07) is 16.0. The van der Waals surface area contributed by atoms with Gasteiger partial charge in [-0.05, 0) is 61.3 Å². The van der Waals surface area contributed by atoms with E-state index in [1.165, 1.54) is 0 Å². The Morgan fingerprint density at radius 2 is 2.00 bits per heavy atom. The second kappa shape index (κ2) is 8.17. The molecule has 1 atom stereocenters. The summed E-state index contributed by atoms with van der Waals surface area (Å²) in [6.07, 6.45) is 2.07. The molecule has 0 radical (unpaired) electrons. The van der Waals surface area contributed by atoms with E-state index in [1.807, 2.05) is 42.5 Å². The summed E-state index contributed by atoms with van der Waals surface area (Å²) in [7, 11) is 1.67. The molecule has 1 N–H and O–H groups in total. The van der Waals surface area contributed by atoms with Crippen LogP contribution in [0.15, 0.2) is 48.5 Å². The van der Waals surface area contributed by atoms with E-state index in [-0.39, 0.29) is 11.8 Å². The molecule has 2 aromatic carbocycles. The van der Waals surface area contributed by atoms with Crippen LogP contribution >= 0.6 is 0 Å². The first-order valence-corrected chi connectivity index (χ1v) is 8.97.